The molecule has 1 saturated heterocycles. The summed E-state index contributed by atoms with van der Waals surface area (Å²) in [5, 5.41) is 2.73. The zero-order chi connectivity index (χ0) is 21.4. The maximum absolute atomic E-state index is 12.9. The van der Waals surface area contributed by atoms with Gasteiger partial charge in [-0.3, -0.25) is 9.69 Å². The SMILES string of the molecule is Cc1ccc(CN2C(=O)N/C(=C/c3cc(C)n(-c4cccc(I)c4)c3C)C2=O)cc1. The quantitative estimate of drug-likeness (QED) is 0.301. The Morgan fingerprint density at radius 2 is 1.73 bits per heavy atom. The minimum absolute atomic E-state index is 0.254. The van der Waals surface area contributed by atoms with Gasteiger partial charge in [0.1, 0.15) is 5.70 Å². The number of urea groups is 1. The summed E-state index contributed by atoms with van der Waals surface area (Å²) in [5.41, 5.74) is 6.42. The van der Waals surface area contributed by atoms with E-state index in [1.807, 2.05) is 57.2 Å². The number of nitrogens with zero attached hydrogens (tertiary/aromatic N) is 2. The second-order valence-electron chi connectivity index (χ2n) is 7.51. The highest BCUT2D eigenvalue weighted by atomic mass is 127. The van der Waals surface area contributed by atoms with Crippen molar-refractivity contribution in [3.63, 3.8) is 0 Å². The van der Waals surface area contributed by atoms with Crippen LogP contribution in [0, 0.1) is 24.3 Å². The minimum Gasteiger partial charge on any atom is -0.318 e. The third-order valence-electron chi connectivity index (χ3n) is 5.26. The Hall–Kier alpha value is -2.87. The number of rotatable bonds is 4. The highest BCUT2D eigenvalue weighted by Gasteiger charge is 2.33. The summed E-state index contributed by atoms with van der Waals surface area (Å²) in [7, 11) is 0. The zero-order valence-corrected chi connectivity index (χ0v) is 19.2. The van der Waals surface area contributed by atoms with Gasteiger partial charge in [0.15, 0.2) is 0 Å². The van der Waals surface area contributed by atoms with Gasteiger partial charge in [0, 0.05) is 20.6 Å². The van der Waals surface area contributed by atoms with Crippen molar-refractivity contribution in [2.75, 3.05) is 0 Å². The van der Waals surface area contributed by atoms with E-state index in [9.17, 15) is 9.59 Å². The second kappa shape index (κ2) is 8.10. The standard InChI is InChI=1S/C24H22IN3O2/c1-15-7-9-18(10-8-15)14-27-23(29)22(26-24(27)30)12-19-11-16(2)28(17(19)3)21-6-4-5-20(25)13-21/h4-13H,14H2,1-3H3,(H,26,30)/b22-12+. The van der Waals surface area contributed by atoms with Crippen LogP contribution < -0.4 is 5.32 Å². The highest BCUT2D eigenvalue weighted by Crippen LogP contribution is 2.25. The summed E-state index contributed by atoms with van der Waals surface area (Å²) in [6.07, 6.45) is 1.77. The molecule has 0 spiro atoms. The van der Waals surface area contributed by atoms with Crippen LogP contribution in [0.5, 0.6) is 0 Å². The van der Waals surface area contributed by atoms with E-state index >= 15 is 0 Å². The number of carbonyl (C=O) groups is 2. The first-order valence-corrected chi connectivity index (χ1v) is 10.8. The second-order valence-corrected chi connectivity index (χ2v) is 8.75. The molecule has 1 aromatic heterocycles. The number of carbonyl (C=O) groups excluding carboxylic acids is 2. The van der Waals surface area contributed by atoms with Crippen molar-refractivity contribution >= 4 is 40.6 Å². The van der Waals surface area contributed by atoms with Crippen molar-refractivity contribution in [2.45, 2.75) is 27.3 Å². The van der Waals surface area contributed by atoms with Crippen LogP contribution in [0.4, 0.5) is 4.79 Å². The number of halogens is 1. The Morgan fingerprint density at radius 1 is 1.00 bits per heavy atom. The van der Waals surface area contributed by atoms with Gasteiger partial charge in [0.25, 0.3) is 5.91 Å². The molecule has 1 N–H and O–H groups in total. The van der Waals surface area contributed by atoms with E-state index in [0.29, 0.717) is 5.70 Å². The Morgan fingerprint density at radius 3 is 2.43 bits per heavy atom. The van der Waals surface area contributed by atoms with Crippen LogP contribution in [0.25, 0.3) is 11.8 Å². The van der Waals surface area contributed by atoms with Gasteiger partial charge in [-0.2, -0.15) is 0 Å². The summed E-state index contributed by atoms with van der Waals surface area (Å²) < 4.78 is 3.31. The van der Waals surface area contributed by atoms with Gasteiger partial charge in [-0.1, -0.05) is 35.9 Å². The lowest BCUT2D eigenvalue weighted by Crippen LogP contribution is -2.30. The van der Waals surface area contributed by atoms with Gasteiger partial charge < -0.3 is 9.88 Å². The molecule has 152 valence electrons. The van der Waals surface area contributed by atoms with Crippen LogP contribution in [0.3, 0.4) is 0 Å². The van der Waals surface area contributed by atoms with E-state index in [4.69, 9.17) is 0 Å². The van der Waals surface area contributed by atoms with Crippen molar-refractivity contribution in [2.24, 2.45) is 0 Å². The van der Waals surface area contributed by atoms with Crippen LogP contribution in [0.15, 0.2) is 60.3 Å². The minimum atomic E-state index is -0.391. The molecule has 5 nitrogen and oxygen atoms in total. The normalized spacial score (nSPS) is 15.2. The Labute approximate surface area is 189 Å². The van der Waals surface area contributed by atoms with Gasteiger partial charge in [0.05, 0.1) is 6.54 Å². The molecule has 1 aliphatic heterocycles. The fourth-order valence-electron chi connectivity index (χ4n) is 3.69. The molecule has 3 amide bonds. The molecule has 0 aliphatic carbocycles. The van der Waals surface area contributed by atoms with Crippen LogP contribution in [-0.4, -0.2) is 21.4 Å². The van der Waals surface area contributed by atoms with E-state index in [1.165, 1.54) is 4.90 Å². The molecule has 4 rings (SSSR count). The van der Waals surface area contributed by atoms with Crippen molar-refractivity contribution < 1.29 is 9.59 Å². The molecule has 1 aliphatic rings. The topological polar surface area (TPSA) is 54.3 Å². The molecule has 0 radical (unpaired) electrons. The molecule has 2 aromatic carbocycles. The van der Waals surface area contributed by atoms with Crippen molar-refractivity contribution in [1.82, 2.24) is 14.8 Å². The average molecular weight is 511 g/mol. The van der Waals surface area contributed by atoms with E-state index in [1.54, 1.807) is 6.08 Å². The number of amides is 3. The van der Waals surface area contributed by atoms with E-state index in [-0.39, 0.29) is 12.5 Å². The predicted molar refractivity (Wildman–Crippen MR) is 126 cm³/mol. The lowest BCUT2D eigenvalue weighted by molar-refractivity contribution is -0.123. The van der Waals surface area contributed by atoms with Crippen LogP contribution in [-0.2, 0) is 11.3 Å². The first-order valence-electron chi connectivity index (χ1n) is 9.68. The van der Waals surface area contributed by atoms with Gasteiger partial charge in [-0.15, -0.1) is 0 Å². The lowest BCUT2D eigenvalue weighted by Gasteiger charge is -2.12. The van der Waals surface area contributed by atoms with Crippen LogP contribution in [0.2, 0.25) is 0 Å². The molecule has 0 atom stereocenters. The fraction of sp³-hybridized carbons (Fsp3) is 0.167. The van der Waals surface area contributed by atoms with E-state index in [0.717, 1.165) is 37.3 Å². The van der Waals surface area contributed by atoms with Crippen LogP contribution >= 0.6 is 22.6 Å². The van der Waals surface area contributed by atoms with E-state index in [2.05, 4.69) is 50.7 Å². The predicted octanol–water partition coefficient (Wildman–Crippen LogP) is 5.10. The third-order valence-corrected chi connectivity index (χ3v) is 5.93. The lowest BCUT2D eigenvalue weighted by atomic mass is 10.1. The van der Waals surface area contributed by atoms with Crippen LogP contribution in [0.1, 0.15) is 28.1 Å². The first-order chi connectivity index (χ1) is 14.3. The fourth-order valence-corrected chi connectivity index (χ4v) is 4.22. The molecule has 1 fully saturated rings. The number of hydrogen-bond acceptors (Lipinski definition) is 2. The number of aryl methyl sites for hydroxylation is 2. The summed E-state index contributed by atoms with van der Waals surface area (Å²) in [6.45, 7) is 6.31. The van der Waals surface area contributed by atoms with Gasteiger partial charge in [-0.05, 0) is 84.8 Å². The molecular weight excluding hydrogens is 489 g/mol. The number of imide groups is 1. The average Bonchev–Trinajstić information content (AvgIpc) is 3.13. The number of benzene rings is 2. The maximum Gasteiger partial charge on any atom is 0.329 e. The van der Waals surface area contributed by atoms with Crippen molar-refractivity contribution in [1.29, 1.82) is 0 Å². The molecule has 6 heteroatoms. The molecule has 30 heavy (non-hydrogen) atoms. The maximum atomic E-state index is 12.9. The number of aromatic nitrogens is 1. The van der Waals surface area contributed by atoms with Gasteiger partial charge >= 0.3 is 6.03 Å². The van der Waals surface area contributed by atoms with E-state index < -0.39 is 6.03 Å². The largest absolute Gasteiger partial charge is 0.329 e. The van der Waals surface area contributed by atoms with Gasteiger partial charge in [-0.25, -0.2) is 4.79 Å². The summed E-state index contributed by atoms with van der Waals surface area (Å²) in [4.78, 5) is 26.5. The summed E-state index contributed by atoms with van der Waals surface area (Å²) >= 11 is 2.30. The monoisotopic (exact) mass is 511 g/mol. The first kappa shape index (κ1) is 20.4. The van der Waals surface area contributed by atoms with Gasteiger partial charge in [0.2, 0.25) is 0 Å². The molecule has 0 unspecified atom stereocenters. The Bertz CT molecular complexity index is 1180. The summed E-state index contributed by atoms with van der Waals surface area (Å²) in [5.74, 6) is -0.306. The Kier molecular flexibility index (Phi) is 5.51. The molecule has 0 saturated carbocycles. The number of hydrogen-bond donors (Lipinski definition) is 1. The number of nitrogens with one attached hydrogen (secondary N) is 1. The molecule has 2 heterocycles. The van der Waals surface area contributed by atoms with Crippen molar-refractivity contribution in [3.05, 3.63) is 91.9 Å². The molecule has 0 bridgehead atoms. The highest BCUT2D eigenvalue weighted by molar-refractivity contribution is 14.1. The Balaban J connectivity index is 1.62. The summed E-state index contributed by atoms with van der Waals surface area (Å²) in [6, 6.07) is 17.7. The molecule has 3 aromatic rings. The zero-order valence-electron chi connectivity index (χ0n) is 17.1. The smallest absolute Gasteiger partial charge is 0.318 e. The van der Waals surface area contributed by atoms with Crippen molar-refractivity contribution in [3.8, 4) is 5.69 Å². The molecular formula is C24H22IN3O2. The third kappa shape index (κ3) is 3.92.